The van der Waals surface area contributed by atoms with Crippen LogP contribution in [0.2, 0.25) is 0 Å². The molecule has 1 fully saturated rings. The van der Waals surface area contributed by atoms with Gasteiger partial charge in [-0.2, -0.15) is 0 Å². The monoisotopic (exact) mass is 374 g/mol. The lowest BCUT2D eigenvalue weighted by atomic mass is 10.1. The summed E-state index contributed by atoms with van der Waals surface area (Å²) in [5.41, 5.74) is 5.23. The van der Waals surface area contributed by atoms with Crippen LogP contribution in [0.1, 0.15) is 30.3 Å². The molecule has 1 aliphatic rings. The Morgan fingerprint density at radius 1 is 1.11 bits per heavy atom. The van der Waals surface area contributed by atoms with Crippen LogP contribution in [0.15, 0.2) is 41.7 Å². The summed E-state index contributed by atoms with van der Waals surface area (Å²) in [6, 6.07) is 6.00. The maximum atomic E-state index is 13.0. The Morgan fingerprint density at radius 3 is 2.75 bits per heavy atom. The second-order valence-electron chi connectivity index (χ2n) is 7.49. The van der Waals surface area contributed by atoms with Crippen LogP contribution in [-0.2, 0) is 0 Å². The number of aromatic nitrogens is 5. The highest BCUT2D eigenvalue weighted by Gasteiger charge is 2.18. The molecule has 4 aromatic rings. The number of nitrogens with one attached hydrogen (secondary N) is 1. The predicted octanol–water partition coefficient (Wildman–Crippen LogP) is 2.65. The van der Waals surface area contributed by atoms with Gasteiger partial charge in [-0.1, -0.05) is 6.07 Å². The third-order valence-electron chi connectivity index (χ3n) is 5.51. The van der Waals surface area contributed by atoms with E-state index in [0.717, 1.165) is 54.2 Å². The van der Waals surface area contributed by atoms with Crippen molar-refractivity contribution in [2.45, 2.75) is 32.7 Å². The van der Waals surface area contributed by atoms with E-state index in [2.05, 4.69) is 15.3 Å². The third-order valence-corrected chi connectivity index (χ3v) is 5.51. The van der Waals surface area contributed by atoms with E-state index in [0.29, 0.717) is 10.9 Å². The number of nitrogens with zero attached hydrogens (tertiary/aromatic N) is 5. The first-order chi connectivity index (χ1) is 13.6. The van der Waals surface area contributed by atoms with Crippen molar-refractivity contribution in [1.29, 1.82) is 0 Å². The summed E-state index contributed by atoms with van der Waals surface area (Å²) >= 11 is 0. The summed E-state index contributed by atoms with van der Waals surface area (Å²) in [6.45, 7) is 5.81. The van der Waals surface area contributed by atoms with E-state index < -0.39 is 0 Å². The van der Waals surface area contributed by atoms with Gasteiger partial charge in [-0.05, 0) is 51.9 Å². The van der Waals surface area contributed by atoms with Crippen molar-refractivity contribution in [2.24, 2.45) is 0 Å². The van der Waals surface area contributed by atoms with Crippen LogP contribution < -0.4 is 10.9 Å². The Morgan fingerprint density at radius 2 is 1.93 bits per heavy atom. The smallest absolute Gasteiger partial charge is 0.261 e. The molecule has 5 rings (SSSR count). The molecule has 4 heterocycles. The van der Waals surface area contributed by atoms with Gasteiger partial charge in [-0.3, -0.25) is 14.3 Å². The second kappa shape index (κ2) is 6.53. The first kappa shape index (κ1) is 17.1. The molecule has 1 saturated heterocycles. The van der Waals surface area contributed by atoms with E-state index in [1.165, 1.54) is 0 Å². The number of benzene rings is 1. The summed E-state index contributed by atoms with van der Waals surface area (Å²) < 4.78 is 3.80. The van der Waals surface area contributed by atoms with E-state index >= 15 is 0 Å². The first-order valence-corrected chi connectivity index (χ1v) is 9.65. The zero-order valence-electron chi connectivity index (χ0n) is 16.0. The van der Waals surface area contributed by atoms with Crippen molar-refractivity contribution in [3.05, 3.63) is 58.7 Å². The Balaban J connectivity index is 1.59. The van der Waals surface area contributed by atoms with Crippen LogP contribution >= 0.6 is 0 Å². The molecule has 142 valence electrons. The van der Waals surface area contributed by atoms with Gasteiger partial charge in [0.25, 0.3) is 5.56 Å². The normalized spacial score (nSPS) is 15.5. The number of rotatable bonds is 2. The molecule has 1 aromatic carbocycles. The summed E-state index contributed by atoms with van der Waals surface area (Å²) in [6.07, 6.45) is 7.58. The van der Waals surface area contributed by atoms with Gasteiger partial charge in [0.2, 0.25) is 0 Å². The Labute approximate surface area is 162 Å². The molecule has 0 radical (unpaired) electrons. The molecule has 0 bridgehead atoms. The fourth-order valence-electron chi connectivity index (χ4n) is 4.08. The Kier molecular flexibility index (Phi) is 3.98. The predicted molar refractivity (Wildman–Crippen MR) is 109 cm³/mol. The molecule has 0 amide bonds. The molecule has 0 atom stereocenters. The Hall–Kier alpha value is -3.06. The molecule has 7 heteroatoms. The Bertz CT molecular complexity index is 1250. The minimum Gasteiger partial charge on any atom is -0.317 e. The van der Waals surface area contributed by atoms with Crippen molar-refractivity contribution in [3.63, 3.8) is 0 Å². The van der Waals surface area contributed by atoms with Gasteiger partial charge >= 0.3 is 0 Å². The largest absolute Gasteiger partial charge is 0.317 e. The molecule has 7 nitrogen and oxygen atoms in total. The molecule has 1 aliphatic heterocycles. The lowest BCUT2D eigenvalue weighted by molar-refractivity contribution is 0.359. The first-order valence-electron chi connectivity index (χ1n) is 9.65. The number of imidazole rings is 1. The second-order valence-corrected chi connectivity index (χ2v) is 7.49. The van der Waals surface area contributed by atoms with Crippen LogP contribution in [-0.4, -0.2) is 37.0 Å². The zero-order chi connectivity index (χ0) is 19.3. The van der Waals surface area contributed by atoms with Crippen molar-refractivity contribution >= 4 is 16.6 Å². The highest BCUT2D eigenvalue weighted by Crippen LogP contribution is 2.24. The molecule has 28 heavy (non-hydrogen) atoms. The van der Waals surface area contributed by atoms with Crippen LogP contribution in [0.4, 0.5) is 0 Å². The molecule has 0 saturated carbocycles. The van der Waals surface area contributed by atoms with Gasteiger partial charge in [-0.25, -0.2) is 9.97 Å². The minimum atomic E-state index is 0.0362. The standard InChI is InChI=1S/C21H22N6O/c1-13-10-26-11-19(25-20(26)14(2)24-13)15-3-4-17-18(9-15)23-12-27(21(17)28)16-5-7-22-8-6-16/h3-4,9-12,16,22H,5-8H2,1-2H3. The van der Waals surface area contributed by atoms with Crippen LogP contribution in [0.3, 0.4) is 0 Å². The summed E-state index contributed by atoms with van der Waals surface area (Å²) in [4.78, 5) is 26.8. The van der Waals surface area contributed by atoms with Crippen LogP contribution in [0.25, 0.3) is 27.8 Å². The molecular weight excluding hydrogens is 352 g/mol. The van der Waals surface area contributed by atoms with Crippen LogP contribution in [0.5, 0.6) is 0 Å². The SMILES string of the molecule is Cc1cn2cc(-c3ccc4c(=O)n(C5CCNCC5)cnc4c3)nc2c(C)n1. The van der Waals surface area contributed by atoms with Crippen molar-refractivity contribution in [1.82, 2.24) is 29.2 Å². The third kappa shape index (κ3) is 2.79. The lowest BCUT2D eigenvalue weighted by Gasteiger charge is -2.24. The number of aryl methyl sites for hydroxylation is 2. The summed E-state index contributed by atoms with van der Waals surface area (Å²) in [5.74, 6) is 0. The molecule has 0 aliphatic carbocycles. The molecule has 0 unspecified atom stereocenters. The van der Waals surface area contributed by atoms with Gasteiger partial charge in [0, 0.05) is 24.0 Å². The van der Waals surface area contributed by atoms with Crippen molar-refractivity contribution in [3.8, 4) is 11.3 Å². The molecule has 1 N–H and O–H groups in total. The van der Waals surface area contributed by atoms with E-state index in [9.17, 15) is 4.79 Å². The number of hydrogen-bond acceptors (Lipinski definition) is 5. The van der Waals surface area contributed by atoms with E-state index in [-0.39, 0.29) is 11.6 Å². The molecule has 0 spiro atoms. The topological polar surface area (TPSA) is 77.1 Å². The highest BCUT2D eigenvalue weighted by molar-refractivity contribution is 5.83. The number of fused-ring (bicyclic) bond motifs is 2. The maximum Gasteiger partial charge on any atom is 0.261 e. The van der Waals surface area contributed by atoms with Gasteiger partial charge in [0.05, 0.1) is 34.3 Å². The number of hydrogen-bond donors (Lipinski definition) is 1. The lowest BCUT2D eigenvalue weighted by Crippen LogP contribution is -2.34. The summed E-state index contributed by atoms with van der Waals surface area (Å²) in [5, 5.41) is 3.99. The number of piperidine rings is 1. The molecular formula is C21H22N6O. The van der Waals surface area contributed by atoms with Crippen molar-refractivity contribution < 1.29 is 0 Å². The fraction of sp³-hybridized carbons (Fsp3) is 0.333. The average Bonchev–Trinajstić information content (AvgIpc) is 3.13. The van der Waals surface area contributed by atoms with E-state index in [1.807, 2.05) is 48.8 Å². The summed E-state index contributed by atoms with van der Waals surface area (Å²) in [7, 11) is 0. The maximum absolute atomic E-state index is 13.0. The van der Waals surface area contributed by atoms with E-state index in [4.69, 9.17) is 4.98 Å². The van der Waals surface area contributed by atoms with Crippen LogP contribution in [0, 0.1) is 13.8 Å². The average molecular weight is 374 g/mol. The minimum absolute atomic E-state index is 0.0362. The molecule has 3 aromatic heterocycles. The highest BCUT2D eigenvalue weighted by atomic mass is 16.1. The van der Waals surface area contributed by atoms with Crippen molar-refractivity contribution in [2.75, 3.05) is 13.1 Å². The van der Waals surface area contributed by atoms with Gasteiger partial charge < -0.3 is 9.72 Å². The fourth-order valence-corrected chi connectivity index (χ4v) is 4.08. The quantitative estimate of drug-likeness (QED) is 0.584. The van der Waals surface area contributed by atoms with E-state index in [1.54, 1.807) is 10.9 Å². The van der Waals surface area contributed by atoms with Gasteiger partial charge in [0.1, 0.15) is 0 Å². The van der Waals surface area contributed by atoms with Gasteiger partial charge in [-0.15, -0.1) is 0 Å². The zero-order valence-corrected chi connectivity index (χ0v) is 16.0. The van der Waals surface area contributed by atoms with Gasteiger partial charge in [0.15, 0.2) is 5.65 Å².